The van der Waals surface area contributed by atoms with Gasteiger partial charge < -0.3 is 5.32 Å². The summed E-state index contributed by atoms with van der Waals surface area (Å²) < 4.78 is 0. The third-order valence-electron chi connectivity index (χ3n) is 1.97. The first-order chi connectivity index (χ1) is 7.13. The predicted molar refractivity (Wildman–Crippen MR) is 61.0 cm³/mol. The SMILES string of the molecule is CNC(=O)N(C)/N=C/c1ccc(C)cc1. The van der Waals surface area contributed by atoms with Gasteiger partial charge >= 0.3 is 6.03 Å². The predicted octanol–water partition coefficient (Wildman–Crippen LogP) is 1.60. The van der Waals surface area contributed by atoms with Crippen molar-refractivity contribution in [2.45, 2.75) is 6.92 Å². The first-order valence-corrected chi connectivity index (χ1v) is 4.69. The van der Waals surface area contributed by atoms with Crippen molar-refractivity contribution in [3.05, 3.63) is 35.4 Å². The zero-order chi connectivity index (χ0) is 11.3. The molecule has 0 aliphatic rings. The smallest absolute Gasteiger partial charge is 0.337 e. The van der Waals surface area contributed by atoms with E-state index < -0.39 is 0 Å². The quantitative estimate of drug-likeness (QED) is 0.578. The molecule has 1 aromatic rings. The number of urea groups is 1. The normalized spacial score (nSPS) is 10.3. The van der Waals surface area contributed by atoms with Crippen LogP contribution in [0.2, 0.25) is 0 Å². The van der Waals surface area contributed by atoms with E-state index in [1.807, 2.05) is 31.2 Å². The summed E-state index contributed by atoms with van der Waals surface area (Å²) in [5.74, 6) is 0. The molecule has 0 fully saturated rings. The number of amides is 2. The van der Waals surface area contributed by atoms with Gasteiger partial charge in [0.2, 0.25) is 0 Å². The Hall–Kier alpha value is -1.84. The van der Waals surface area contributed by atoms with Gasteiger partial charge in [0.15, 0.2) is 0 Å². The van der Waals surface area contributed by atoms with E-state index in [0.717, 1.165) is 5.56 Å². The van der Waals surface area contributed by atoms with Gasteiger partial charge in [0, 0.05) is 14.1 Å². The molecule has 0 heterocycles. The molecule has 4 heteroatoms. The summed E-state index contributed by atoms with van der Waals surface area (Å²) in [5.41, 5.74) is 2.17. The molecule has 0 saturated heterocycles. The number of hydrazone groups is 1. The van der Waals surface area contributed by atoms with Crippen molar-refractivity contribution in [3.63, 3.8) is 0 Å². The van der Waals surface area contributed by atoms with Crippen molar-refractivity contribution >= 4 is 12.2 Å². The van der Waals surface area contributed by atoms with E-state index in [-0.39, 0.29) is 6.03 Å². The molecule has 0 bridgehead atoms. The lowest BCUT2D eigenvalue weighted by Crippen LogP contribution is -2.30. The molecule has 4 nitrogen and oxygen atoms in total. The van der Waals surface area contributed by atoms with Crippen LogP contribution in [0.4, 0.5) is 4.79 Å². The van der Waals surface area contributed by atoms with Crippen molar-refractivity contribution < 1.29 is 4.79 Å². The van der Waals surface area contributed by atoms with Gasteiger partial charge in [-0.05, 0) is 12.5 Å². The summed E-state index contributed by atoms with van der Waals surface area (Å²) in [7, 11) is 3.17. The molecule has 0 saturated carbocycles. The van der Waals surface area contributed by atoms with E-state index in [9.17, 15) is 4.79 Å². The standard InChI is InChI=1S/C11H15N3O/c1-9-4-6-10(7-5-9)8-13-14(3)11(15)12-2/h4-8H,1-3H3,(H,12,15)/b13-8+. The van der Waals surface area contributed by atoms with Crippen molar-refractivity contribution in [3.8, 4) is 0 Å². The number of nitrogens with zero attached hydrogens (tertiary/aromatic N) is 2. The number of benzene rings is 1. The first kappa shape index (κ1) is 11.2. The van der Waals surface area contributed by atoms with Crippen LogP contribution < -0.4 is 5.32 Å². The second-order valence-corrected chi connectivity index (χ2v) is 3.23. The van der Waals surface area contributed by atoms with Crippen molar-refractivity contribution in [1.29, 1.82) is 0 Å². The Morgan fingerprint density at radius 3 is 2.53 bits per heavy atom. The van der Waals surface area contributed by atoms with E-state index in [1.165, 1.54) is 10.6 Å². The molecule has 1 rings (SSSR count). The Morgan fingerprint density at radius 1 is 1.40 bits per heavy atom. The summed E-state index contributed by atoms with van der Waals surface area (Å²) in [6.07, 6.45) is 1.65. The Balaban J connectivity index is 2.65. The minimum atomic E-state index is -0.238. The minimum absolute atomic E-state index is 0.238. The second kappa shape index (κ2) is 5.14. The van der Waals surface area contributed by atoms with Crippen LogP contribution >= 0.6 is 0 Å². The lowest BCUT2D eigenvalue weighted by atomic mass is 10.2. The van der Waals surface area contributed by atoms with Crippen LogP contribution in [0, 0.1) is 6.92 Å². The van der Waals surface area contributed by atoms with Crippen LogP contribution in [0.5, 0.6) is 0 Å². The third-order valence-corrected chi connectivity index (χ3v) is 1.97. The lowest BCUT2D eigenvalue weighted by molar-refractivity contribution is 0.213. The van der Waals surface area contributed by atoms with Gasteiger partial charge in [-0.25, -0.2) is 9.80 Å². The van der Waals surface area contributed by atoms with Gasteiger partial charge in [0.25, 0.3) is 0 Å². The van der Waals surface area contributed by atoms with Crippen LogP contribution in [0.25, 0.3) is 0 Å². The monoisotopic (exact) mass is 205 g/mol. The molecule has 0 aromatic heterocycles. The average Bonchev–Trinajstić information content (AvgIpc) is 2.26. The highest BCUT2D eigenvalue weighted by molar-refractivity contribution is 5.81. The fourth-order valence-corrected chi connectivity index (χ4v) is 1.02. The summed E-state index contributed by atoms with van der Waals surface area (Å²) in [6.45, 7) is 2.03. The Bertz CT molecular complexity index is 357. The van der Waals surface area contributed by atoms with E-state index in [4.69, 9.17) is 0 Å². The van der Waals surface area contributed by atoms with E-state index in [1.54, 1.807) is 20.3 Å². The van der Waals surface area contributed by atoms with Gasteiger partial charge in [-0.3, -0.25) is 0 Å². The Morgan fingerprint density at radius 2 is 2.00 bits per heavy atom. The van der Waals surface area contributed by atoms with Gasteiger partial charge in [-0.1, -0.05) is 29.8 Å². The molecule has 0 atom stereocenters. The number of hydrogen-bond donors (Lipinski definition) is 1. The maximum atomic E-state index is 11.1. The van der Waals surface area contributed by atoms with Crippen LogP contribution in [0.1, 0.15) is 11.1 Å². The molecule has 2 amide bonds. The maximum absolute atomic E-state index is 11.1. The Kier molecular flexibility index (Phi) is 3.85. The molecular weight excluding hydrogens is 190 g/mol. The van der Waals surface area contributed by atoms with Crippen LogP contribution in [-0.4, -0.2) is 31.3 Å². The van der Waals surface area contributed by atoms with Crippen molar-refractivity contribution in [1.82, 2.24) is 10.3 Å². The maximum Gasteiger partial charge on any atom is 0.337 e. The fourth-order valence-electron chi connectivity index (χ4n) is 1.02. The summed E-state index contributed by atoms with van der Waals surface area (Å²) in [6, 6.07) is 7.67. The molecule has 15 heavy (non-hydrogen) atoms. The number of nitrogens with one attached hydrogen (secondary N) is 1. The molecule has 0 aliphatic carbocycles. The third kappa shape index (κ3) is 3.42. The highest BCUT2D eigenvalue weighted by Gasteiger charge is 2.01. The molecule has 80 valence electrons. The average molecular weight is 205 g/mol. The van der Waals surface area contributed by atoms with E-state index >= 15 is 0 Å². The summed E-state index contributed by atoms with van der Waals surface area (Å²) in [4.78, 5) is 11.1. The van der Waals surface area contributed by atoms with Gasteiger partial charge in [-0.2, -0.15) is 5.10 Å². The molecule has 1 N–H and O–H groups in total. The van der Waals surface area contributed by atoms with Gasteiger partial charge in [0.1, 0.15) is 0 Å². The van der Waals surface area contributed by atoms with Crippen molar-refractivity contribution in [2.24, 2.45) is 5.10 Å². The first-order valence-electron chi connectivity index (χ1n) is 4.69. The van der Waals surface area contributed by atoms with Crippen molar-refractivity contribution in [2.75, 3.05) is 14.1 Å². The van der Waals surface area contributed by atoms with E-state index in [0.29, 0.717) is 0 Å². The van der Waals surface area contributed by atoms with Crippen LogP contribution in [0.15, 0.2) is 29.4 Å². The van der Waals surface area contributed by atoms with Gasteiger partial charge in [0.05, 0.1) is 6.21 Å². The molecular formula is C11H15N3O. The summed E-state index contributed by atoms with van der Waals surface area (Å²) >= 11 is 0. The largest absolute Gasteiger partial charge is 0.340 e. The zero-order valence-electron chi connectivity index (χ0n) is 9.19. The molecule has 0 radical (unpaired) electrons. The van der Waals surface area contributed by atoms with Gasteiger partial charge in [-0.15, -0.1) is 0 Å². The number of aryl methyl sites for hydroxylation is 1. The van der Waals surface area contributed by atoms with Crippen LogP contribution in [-0.2, 0) is 0 Å². The fraction of sp³-hybridized carbons (Fsp3) is 0.273. The molecule has 0 aliphatic heterocycles. The molecule has 0 unspecified atom stereocenters. The number of carbonyl (C=O) groups is 1. The lowest BCUT2D eigenvalue weighted by Gasteiger charge is -2.08. The minimum Gasteiger partial charge on any atom is -0.340 e. The molecule has 1 aromatic carbocycles. The second-order valence-electron chi connectivity index (χ2n) is 3.23. The highest BCUT2D eigenvalue weighted by atomic mass is 16.2. The number of carbonyl (C=O) groups excluding carboxylic acids is 1. The number of hydrogen-bond acceptors (Lipinski definition) is 2. The molecule has 0 spiro atoms. The Labute approximate surface area is 89.6 Å². The topological polar surface area (TPSA) is 44.7 Å². The van der Waals surface area contributed by atoms with Crippen LogP contribution in [0.3, 0.4) is 0 Å². The zero-order valence-corrected chi connectivity index (χ0v) is 9.19. The summed E-state index contributed by atoms with van der Waals surface area (Å²) in [5, 5.41) is 7.72. The highest BCUT2D eigenvalue weighted by Crippen LogP contribution is 2.00. The number of rotatable bonds is 2. The van der Waals surface area contributed by atoms with E-state index in [2.05, 4.69) is 10.4 Å².